The minimum atomic E-state index is 0. The zero-order valence-corrected chi connectivity index (χ0v) is 13.7. The SMILES string of the molecule is CN(Cc1ccc(C2CC2)cc1)C1CC2CCC(C1)N2.Cl. The van der Waals surface area contributed by atoms with Crippen LogP contribution in [0.15, 0.2) is 24.3 Å². The Hall–Kier alpha value is -0.570. The Kier molecular flexibility index (Phi) is 4.58. The molecular weight excluding hydrogens is 280 g/mol. The van der Waals surface area contributed by atoms with E-state index in [1.807, 2.05) is 0 Å². The highest BCUT2D eigenvalue weighted by Gasteiger charge is 2.34. The van der Waals surface area contributed by atoms with E-state index < -0.39 is 0 Å². The van der Waals surface area contributed by atoms with Crippen LogP contribution in [-0.2, 0) is 6.54 Å². The third-order valence-corrected chi connectivity index (χ3v) is 5.53. The molecule has 2 aliphatic heterocycles. The summed E-state index contributed by atoms with van der Waals surface area (Å²) in [5.41, 5.74) is 3.03. The van der Waals surface area contributed by atoms with Crippen LogP contribution >= 0.6 is 12.4 Å². The largest absolute Gasteiger partial charge is 0.311 e. The van der Waals surface area contributed by atoms with Crippen LogP contribution in [0.1, 0.15) is 55.6 Å². The summed E-state index contributed by atoms with van der Waals surface area (Å²) in [5.74, 6) is 0.877. The molecule has 3 heteroatoms. The molecule has 2 bridgehead atoms. The number of halogens is 1. The van der Waals surface area contributed by atoms with E-state index in [1.165, 1.54) is 44.1 Å². The van der Waals surface area contributed by atoms with E-state index in [0.29, 0.717) is 0 Å². The van der Waals surface area contributed by atoms with Crippen LogP contribution in [0, 0.1) is 0 Å². The standard InChI is InChI=1S/C18H26N2.ClH/c1-20(18-10-16-8-9-17(11-18)19-16)12-13-2-4-14(5-3-13)15-6-7-15;/h2-5,15-19H,6-12H2,1H3;1H. The molecule has 2 atom stereocenters. The average Bonchev–Trinajstić information content (AvgIpc) is 3.26. The van der Waals surface area contributed by atoms with Gasteiger partial charge in [0.2, 0.25) is 0 Å². The van der Waals surface area contributed by atoms with Gasteiger partial charge in [0, 0.05) is 24.7 Å². The van der Waals surface area contributed by atoms with Crippen molar-refractivity contribution in [3.8, 4) is 0 Å². The van der Waals surface area contributed by atoms with Crippen molar-refractivity contribution < 1.29 is 0 Å². The lowest BCUT2D eigenvalue weighted by molar-refractivity contribution is 0.166. The van der Waals surface area contributed by atoms with Crippen molar-refractivity contribution in [2.24, 2.45) is 0 Å². The molecule has 0 radical (unpaired) electrons. The lowest BCUT2D eigenvalue weighted by Gasteiger charge is -2.35. The van der Waals surface area contributed by atoms with Gasteiger partial charge in [-0.25, -0.2) is 0 Å². The quantitative estimate of drug-likeness (QED) is 0.912. The van der Waals surface area contributed by atoms with Crippen LogP contribution in [0.4, 0.5) is 0 Å². The second-order valence-corrected chi connectivity index (χ2v) is 7.19. The molecule has 1 aromatic carbocycles. The highest BCUT2D eigenvalue weighted by molar-refractivity contribution is 5.85. The first-order chi connectivity index (χ1) is 9.78. The monoisotopic (exact) mass is 306 g/mol. The normalized spacial score (nSPS) is 31.2. The zero-order valence-electron chi connectivity index (χ0n) is 12.9. The second kappa shape index (κ2) is 6.28. The first-order valence-corrected chi connectivity index (χ1v) is 8.33. The topological polar surface area (TPSA) is 15.3 Å². The van der Waals surface area contributed by atoms with Crippen LogP contribution in [-0.4, -0.2) is 30.1 Å². The lowest BCUT2D eigenvalue weighted by Crippen LogP contribution is -2.46. The second-order valence-electron chi connectivity index (χ2n) is 7.19. The van der Waals surface area contributed by atoms with Gasteiger partial charge in [0.25, 0.3) is 0 Å². The Morgan fingerprint density at radius 3 is 2.19 bits per heavy atom. The molecule has 2 saturated heterocycles. The Balaban J connectivity index is 0.00000132. The number of nitrogens with one attached hydrogen (secondary N) is 1. The fourth-order valence-electron chi connectivity index (χ4n) is 4.12. The molecule has 0 amide bonds. The summed E-state index contributed by atoms with van der Waals surface area (Å²) >= 11 is 0. The van der Waals surface area contributed by atoms with Crippen molar-refractivity contribution in [2.75, 3.05) is 7.05 Å². The Morgan fingerprint density at radius 1 is 1.00 bits per heavy atom. The van der Waals surface area contributed by atoms with Gasteiger partial charge in [-0.15, -0.1) is 12.4 Å². The highest BCUT2D eigenvalue weighted by Crippen LogP contribution is 2.40. The maximum atomic E-state index is 3.74. The van der Waals surface area contributed by atoms with E-state index in [-0.39, 0.29) is 12.4 Å². The van der Waals surface area contributed by atoms with Crippen LogP contribution < -0.4 is 5.32 Å². The van der Waals surface area contributed by atoms with Crippen molar-refractivity contribution in [3.63, 3.8) is 0 Å². The molecule has 3 fully saturated rings. The van der Waals surface area contributed by atoms with Crippen LogP contribution in [0.2, 0.25) is 0 Å². The number of nitrogens with zero attached hydrogens (tertiary/aromatic N) is 1. The Labute approximate surface area is 134 Å². The predicted molar refractivity (Wildman–Crippen MR) is 90.1 cm³/mol. The van der Waals surface area contributed by atoms with Gasteiger partial charge in [-0.2, -0.15) is 0 Å². The first-order valence-electron chi connectivity index (χ1n) is 8.33. The molecule has 1 saturated carbocycles. The van der Waals surface area contributed by atoms with E-state index >= 15 is 0 Å². The molecule has 0 spiro atoms. The minimum Gasteiger partial charge on any atom is -0.311 e. The molecule has 1 aliphatic carbocycles. The summed E-state index contributed by atoms with van der Waals surface area (Å²) < 4.78 is 0. The molecule has 1 N–H and O–H groups in total. The molecule has 1 aromatic rings. The summed E-state index contributed by atoms with van der Waals surface area (Å²) in [6, 6.07) is 11.8. The maximum Gasteiger partial charge on any atom is 0.0233 e. The van der Waals surface area contributed by atoms with Gasteiger partial charge in [-0.05, 0) is 62.6 Å². The Morgan fingerprint density at radius 2 is 1.62 bits per heavy atom. The van der Waals surface area contributed by atoms with E-state index in [9.17, 15) is 0 Å². The first kappa shape index (κ1) is 15.3. The number of hydrogen-bond acceptors (Lipinski definition) is 2. The van der Waals surface area contributed by atoms with E-state index in [0.717, 1.165) is 30.6 Å². The summed E-state index contributed by atoms with van der Waals surface area (Å²) in [5, 5.41) is 3.74. The van der Waals surface area contributed by atoms with Crippen molar-refractivity contribution >= 4 is 12.4 Å². The van der Waals surface area contributed by atoms with Gasteiger partial charge in [0.1, 0.15) is 0 Å². The van der Waals surface area contributed by atoms with Gasteiger partial charge >= 0.3 is 0 Å². The van der Waals surface area contributed by atoms with Crippen molar-refractivity contribution in [1.82, 2.24) is 10.2 Å². The molecule has 116 valence electrons. The predicted octanol–water partition coefficient (Wildman–Crippen LogP) is 3.70. The van der Waals surface area contributed by atoms with Crippen molar-refractivity contribution in [2.45, 2.75) is 69.1 Å². The van der Waals surface area contributed by atoms with Gasteiger partial charge in [-0.1, -0.05) is 24.3 Å². The van der Waals surface area contributed by atoms with Gasteiger partial charge in [-0.3, -0.25) is 4.90 Å². The Bertz CT molecular complexity index is 457. The minimum absolute atomic E-state index is 0. The summed E-state index contributed by atoms with van der Waals surface area (Å²) in [6.07, 6.45) is 8.27. The summed E-state index contributed by atoms with van der Waals surface area (Å²) in [7, 11) is 2.31. The molecular formula is C18H27ClN2. The van der Waals surface area contributed by atoms with Crippen molar-refractivity contribution in [1.29, 1.82) is 0 Å². The summed E-state index contributed by atoms with van der Waals surface area (Å²) in [4.78, 5) is 2.58. The number of benzene rings is 1. The lowest BCUT2D eigenvalue weighted by atomic mass is 9.98. The zero-order chi connectivity index (χ0) is 13.5. The van der Waals surface area contributed by atoms with Gasteiger partial charge in [0.05, 0.1) is 0 Å². The molecule has 2 nitrogen and oxygen atoms in total. The highest BCUT2D eigenvalue weighted by atomic mass is 35.5. The van der Waals surface area contributed by atoms with Crippen LogP contribution in [0.25, 0.3) is 0 Å². The van der Waals surface area contributed by atoms with Crippen LogP contribution in [0.3, 0.4) is 0 Å². The molecule has 3 aliphatic rings. The van der Waals surface area contributed by atoms with E-state index in [4.69, 9.17) is 0 Å². The molecule has 0 aromatic heterocycles. The van der Waals surface area contributed by atoms with E-state index in [2.05, 4.69) is 41.5 Å². The molecule has 2 heterocycles. The maximum absolute atomic E-state index is 3.74. The third-order valence-electron chi connectivity index (χ3n) is 5.53. The molecule has 4 rings (SSSR count). The number of rotatable bonds is 4. The fourth-order valence-corrected chi connectivity index (χ4v) is 4.12. The average molecular weight is 307 g/mol. The van der Waals surface area contributed by atoms with Gasteiger partial charge in [0.15, 0.2) is 0 Å². The summed E-state index contributed by atoms with van der Waals surface area (Å²) in [6.45, 7) is 1.11. The smallest absolute Gasteiger partial charge is 0.0233 e. The number of fused-ring (bicyclic) bond motifs is 2. The molecule has 21 heavy (non-hydrogen) atoms. The van der Waals surface area contributed by atoms with Crippen molar-refractivity contribution in [3.05, 3.63) is 35.4 Å². The third kappa shape index (κ3) is 3.44. The number of piperidine rings is 1. The van der Waals surface area contributed by atoms with Crippen LogP contribution in [0.5, 0.6) is 0 Å². The van der Waals surface area contributed by atoms with E-state index in [1.54, 1.807) is 5.56 Å². The van der Waals surface area contributed by atoms with Gasteiger partial charge < -0.3 is 5.32 Å². The fraction of sp³-hybridized carbons (Fsp3) is 0.667. The number of hydrogen-bond donors (Lipinski definition) is 1. The molecule has 2 unspecified atom stereocenters.